The number of nitrogens with zero attached hydrogens (tertiary/aromatic N) is 4. The first-order valence-corrected chi connectivity index (χ1v) is 19.6. The molecule has 0 aliphatic carbocycles. The number of fused-ring (bicyclic) bond motifs is 1. The summed E-state index contributed by atoms with van der Waals surface area (Å²) in [7, 11) is 1.36. The number of aryl methyl sites for hydroxylation is 3. The van der Waals surface area contributed by atoms with Gasteiger partial charge in [-0.25, -0.2) is 9.78 Å². The number of unbranched alkanes of at least 4 members (excludes halogenated alkanes) is 2. The lowest BCUT2D eigenvalue weighted by atomic mass is 10.1. The number of amides is 1. The van der Waals surface area contributed by atoms with Gasteiger partial charge in [0.05, 0.1) is 23.7 Å². The van der Waals surface area contributed by atoms with Crippen molar-refractivity contribution in [3.05, 3.63) is 136 Å². The Labute approximate surface area is 326 Å². The number of carbonyl (C=O) groups excluding carboxylic acids is 2. The van der Waals surface area contributed by atoms with Gasteiger partial charge < -0.3 is 30.6 Å². The van der Waals surface area contributed by atoms with Gasteiger partial charge in [-0.15, -0.1) is 0 Å². The lowest BCUT2D eigenvalue weighted by Crippen LogP contribution is -2.30. The second-order valence-electron chi connectivity index (χ2n) is 14.3. The molecule has 0 bridgehead atoms. The first-order valence-electron chi connectivity index (χ1n) is 19.6. The highest BCUT2D eigenvalue weighted by Gasteiger charge is 2.20. The van der Waals surface area contributed by atoms with Gasteiger partial charge >= 0.3 is 5.97 Å². The van der Waals surface area contributed by atoms with Gasteiger partial charge in [-0.3, -0.25) is 10.2 Å². The molecule has 290 valence electrons. The van der Waals surface area contributed by atoms with Crippen molar-refractivity contribution in [2.75, 3.05) is 26.7 Å². The summed E-state index contributed by atoms with van der Waals surface area (Å²) in [5.41, 5.74) is 19.2. The second kappa shape index (κ2) is 20.4. The van der Waals surface area contributed by atoms with E-state index in [2.05, 4.69) is 23.3 Å². The van der Waals surface area contributed by atoms with E-state index in [1.165, 1.54) is 32.8 Å². The fraction of sp³-hybridized carbons (Fsp3) is 0.378. The van der Waals surface area contributed by atoms with E-state index in [4.69, 9.17) is 26.6 Å². The third-order valence-electron chi connectivity index (χ3n) is 10.2. The second-order valence-corrected chi connectivity index (χ2v) is 14.3. The monoisotopic (exact) mass is 743 g/mol. The number of benzene rings is 4. The van der Waals surface area contributed by atoms with Crippen LogP contribution in [0.25, 0.3) is 11.0 Å². The molecule has 0 saturated heterocycles. The van der Waals surface area contributed by atoms with Gasteiger partial charge in [0.15, 0.2) is 0 Å². The summed E-state index contributed by atoms with van der Waals surface area (Å²) in [5.74, 6) is 0.547. The van der Waals surface area contributed by atoms with Crippen LogP contribution in [0.4, 0.5) is 0 Å². The summed E-state index contributed by atoms with van der Waals surface area (Å²) in [6.07, 6.45) is 7.32. The van der Waals surface area contributed by atoms with E-state index < -0.39 is 5.97 Å². The minimum absolute atomic E-state index is 0.0603. The maximum Gasteiger partial charge on any atom is 0.337 e. The van der Waals surface area contributed by atoms with Gasteiger partial charge in [-0.2, -0.15) is 0 Å². The average molecular weight is 744 g/mol. The first kappa shape index (κ1) is 40.9. The van der Waals surface area contributed by atoms with Gasteiger partial charge in [0, 0.05) is 43.7 Å². The SMILES string of the molecule is CCCCN(CCCC)CCCn1c(CCc2ccc(C(=N)N)cc2)nc2cc(C(=O)N(Cc3ccc(CN)cc3)Cc3ccc(C(=O)OC)cc3)ccc21. The predicted octanol–water partition coefficient (Wildman–Crippen LogP) is 7.49. The molecule has 5 aromatic rings. The van der Waals surface area contributed by atoms with Gasteiger partial charge in [0.25, 0.3) is 5.91 Å². The van der Waals surface area contributed by atoms with Gasteiger partial charge in [-0.05, 0) is 97.9 Å². The highest BCUT2D eigenvalue weighted by Crippen LogP contribution is 2.23. The van der Waals surface area contributed by atoms with E-state index >= 15 is 0 Å². The smallest absolute Gasteiger partial charge is 0.337 e. The van der Waals surface area contributed by atoms with Crippen molar-refractivity contribution in [1.29, 1.82) is 5.41 Å². The number of nitrogens with two attached hydrogens (primary N) is 2. The number of amidine groups is 1. The number of hydrogen-bond acceptors (Lipinski definition) is 7. The van der Waals surface area contributed by atoms with Crippen molar-refractivity contribution in [1.82, 2.24) is 19.4 Å². The fourth-order valence-electron chi connectivity index (χ4n) is 6.88. The molecule has 10 nitrogen and oxygen atoms in total. The molecule has 0 aliphatic rings. The van der Waals surface area contributed by atoms with Crippen molar-refractivity contribution in [2.24, 2.45) is 11.5 Å². The normalized spacial score (nSPS) is 11.3. The number of ether oxygens (including phenoxy) is 1. The Kier molecular flexibility index (Phi) is 15.1. The largest absolute Gasteiger partial charge is 0.465 e. The number of methoxy groups -OCH3 is 1. The van der Waals surface area contributed by atoms with Crippen LogP contribution in [-0.4, -0.2) is 63.8 Å². The summed E-state index contributed by atoms with van der Waals surface area (Å²) in [6, 6.07) is 28.9. The number of nitrogen functional groups attached to an aromatic ring is 1. The Morgan fingerprint density at radius 1 is 0.727 bits per heavy atom. The minimum atomic E-state index is -0.400. The van der Waals surface area contributed by atoms with Crippen LogP contribution in [-0.2, 0) is 43.8 Å². The number of nitrogens with one attached hydrogen (secondary N) is 1. The third kappa shape index (κ3) is 11.3. The zero-order valence-electron chi connectivity index (χ0n) is 32.7. The van der Waals surface area contributed by atoms with E-state index in [1.54, 1.807) is 12.1 Å². The highest BCUT2D eigenvalue weighted by atomic mass is 16.5. The number of hydrogen-bond donors (Lipinski definition) is 3. The first-order chi connectivity index (χ1) is 26.7. The molecule has 0 spiro atoms. The lowest BCUT2D eigenvalue weighted by Gasteiger charge is -2.24. The van der Waals surface area contributed by atoms with E-state index in [9.17, 15) is 9.59 Å². The van der Waals surface area contributed by atoms with Gasteiger partial charge in [0.2, 0.25) is 0 Å². The Hall–Kier alpha value is -5.32. The van der Waals surface area contributed by atoms with Crippen LogP contribution in [0.3, 0.4) is 0 Å². The Balaban J connectivity index is 1.43. The summed E-state index contributed by atoms with van der Waals surface area (Å²) >= 11 is 0. The number of imidazole rings is 1. The minimum Gasteiger partial charge on any atom is -0.465 e. The van der Waals surface area contributed by atoms with Crippen molar-refractivity contribution in [2.45, 2.75) is 85.0 Å². The molecule has 55 heavy (non-hydrogen) atoms. The van der Waals surface area contributed by atoms with Crippen molar-refractivity contribution in [3.8, 4) is 0 Å². The van der Waals surface area contributed by atoms with Crippen LogP contribution < -0.4 is 11.5 Å². The van der Waals surface area contributed by atoms with E-state index in [-0.39, 0.29) is 11.7 Å². The van der Waals surface area contributed by atoms with Crippen molar-refractivity contribution < 1.29 is 14.3 Å². The Morgan fingerprint density at radius 3 is 1.85 bits per heavy atom. The van der Waals surface area contributed by atoms with Crippen molar-refractivity contribution >= 4 is 28.7 Å². The molecule has 4 aromatic carbocycles. The summed E-state index contributed by atoms with van der Waals surface area (Å²) < 4.78 is 7.21. The molecule has 0 atom stereocenters. The van der Waals surface area contributed by atoms with E-state index in [1.807, 2.05) is 83.8 Å². The Bertz CT molecular complexity index is 2000. The molecule has 0 aliphatic heterocycles. The number of rotatable bonds is 21. The zero-order valence-corrected chi connectivity index (χ0v) is 32.7. The highest BCUT2D eigenvalue weighted by molar-refractivity contribution is 5.97. The van der Waals surface area contributed by atoms with Gasteiger partial charge in [-0.1, -0.05) is 87.4 Å². The molecule has 0 saturated carbocycles. The lowest BCUT2D eigenvalue weighted by molar-refractivity contribution is 0.0600. The quantitative estimate of drug-likeness (QED) is 0.0402. The van der Waals surface area contributed by atoms with Crippen LogP contribution in [0.5, 0.6) is 0 Å². The van der Waals surface area contributed by atoms with Crippen molar-refractivity contribution in [3.63, 3.8) is 0 Å². The van der Waals surface area contributed by atoms with Crippen LogP contribution in [0.1, 0.15) is 100 Å². The molecule has 0 radical (unpaired) electrons. The number of carbonyl (C=O) groups is 2. The average Bonchev–Trinajstić information content (AvgIpc) is 3.56. The molecule has 0 fully saturated rings. The third-order valence-corrected chi connectivity index (χ3v) is 10.2. The Morgan fingerprint density at radius 2 is 1.27 bits per heavy atom. The molecule has 5 N–H and O–H groups in total. The molecule has 10 heteroatoms. The standard InChI is InChI=1S/C45H57N7O3/c1-4-6-25-50(26-7-5-2)27-8-28-52-41-23-22-39(29-40(41)49-42(52)24-17-33-13-18-37(19-14-33)43(47)48)44(53)51(31-35-11-9-34(30-46)10-12-35)32-36-15-20-38(21-16-36)45(54)55-3/h9-16,18-23,29H,4-8,17,24-28,30-32,46H2,1-3H3,(H3,47,48). The summed E-state index contributed by atoms with van der Waals surface area (Å²) in [5, 5.41) is 7.75. The molecule has 0 unspecified atom stereocenters. The zero-order chi connectivity index (χ0) is 39.2. The van der Waals surface area contributed by atoms with Crippen LogP contribution in [0, 0.1) is 5.41 Å². The summed E-state index contributed by atoms with van der Waals surface area (Å²) in [4.78, 5) is 36.1. The molecule has 1 amide bonds. The van der Waals surface area contributed by atoms with E-state index in [0.717, 1.165) is 84.6 Å². The van der Waals surface area contributed by atoms with Crippen LogP contribution >= 0.6 is 0 Å². The predicted molar refractivity (Wildman–Crippen MR) is 221 cm³/mol. The molecule has 1 aromatic heterocycles. The topological polar surface area (TPSA) is 144 Å². The van der Waals surface area contributed by atoms with E-state index in [0.29, 0.717) is 36.3 Å². The molecular formula is C45H57N7O3. The molecule has 1 heterocycles. The van der Waals surface area contributed by atoms with Gasteiger partial charge in [0.1, 0.15) is 11.7 Å². The maximum atomic E-state index is 14.4. The molecular weight excluding hydrogens is 687 g/mol. The van der Waals surface area contributed by atoms with Crippen LogP contribution in [0.2, 0.25) is 0 Å². The number of esters is 1. The number of aromatic nitrogens is 2. The summed E-state index contributed by atoms with van der Waals surface area (Å²) in [6.45, 7) is 9.81. The maximum absolute atomic E-state index is 14.4. The fourth-order valence-corrected chi connectivity index (χ4v) is 6.88. The molecule has 5 rings (SSSR count). The van der Waals surface area contributed by atoms with Crippen LogP contribution in [0.15, 0.2) is 91.0 Å².